The molecule has 4 aromatic rings. The summed E-state index contributed by atoms with van der Waals surface area (Å²) < 4.78 is 2.08. The predicted molar refractivity (Wildman–Crippen MR) is 118 cm³/mol. The van der Waals surface area contributed by atoms with Gasteiger partial charge in [0.15, 0.2) is 5.82 Å². The van der Waals surface area contributed by atoms with Crippen molar-refractivity contribution in [1.29, 1.82) is 0 Å². The molecule has 6 nitrogen and oxygen atoms in total. The zero-order valence-electron chi connectivity index (χ0n) is 17.2. The van der Waals surface area contributed by atoms with Crippen LogP contribution < -0.4 is 5.32 Å². The van der Waals surface area contributed by atoms with Crippen molar-refractivity contribution in [2.24, 2.45) is 0 Å². The molecule has 0 amide bonds. The van der Waals surface area contributed by atoms with Crippen molar-refractivity contribution in [3.63, 3.8) is 0 Å². The van der Waals surface area contributed by atoms with E-state index in [2.05, 4.69) is 51.0 Å². The Bertz CT molecular complexity index is 1160. The van der Waals surface area contributed by atoms with Crippen LogP contribution in [0.25, 0.3) is 17.1 Å². The fraction of sp³-hybridized carbons (Fsp3) is 0.250. The first-order valence-electron chi connectivity index (χ1n) is 10.4. The Morgan fingerprint density at radius 2 is 1.77 bits per heavy atom. The smallest absolute Gasteiger partial charge is 0.161 e. The topological polar surface area (TPSA) is 68.5 Å². The van der Waals surface area contributed by atoms with E-state index in [-0.39, 0.29) is 6.04 Å². The minimum absolute atomic E-state index is 0.132. The van der Waals surface area contributed by atoms with Crippen LogP contribution in [0.1, 0.15) is 42.0 Å². The number of aryl methyl sites for hydroxylation is 2. The van der Waals surface area contributed by atoms with Gasteiger partial charge in [0.25, 0.3) is 0 Å². The molecular formula is C24H24N6. The zero-order valence-corrected chi connectivity index (χ0v) is 17.2. The lowest BCUT2D eigenvalue weighted by Gasteiger charge is -2.19. The molecule has 3 aromatic heterocycles. The van der Waals surface area contributed by atoms with E-state index < -0.39 is 0 Å². The third-order valence-electron chi connectivity index (χ3n) is 5.72. The molecule has 1 aliphatic rings. The fourth-order valence-electron chi connectivity index (χ4n) is 4.04. The van der Waals surface area contributed by atoms with Gasteiger partial charge in [0.1, 0.15) is 11.6 Å². The number of hydrogen-bond donors (Lipinski definition) is 1. The van der Waals surface area contributed by atoms with Gasteiger partial charge in [0, 0.05) is 53.3 Å². The largest absolute Gasteiger partial charge is 0.363 e. The molecule has 1 N–H and O–H groups in total. The number of fused-ring (bicyclic) bond motifs is 1. The average molecular weight is 396 g/mol. The number of nitrogens with one attached hydrogen (secondary N) is 1. The van der Waals surface area contributed by atoms with Gasteiger partial charge in [0.05, 0.1) is 0 Å². The second-order valence-corrected chi connectivity index (χ2v) is 7.71. The summed E-state index contributed by atoms with van der Waals surface area (Å²) in [4.78, 5) is 18.1. The number of imidazole rings is 1. The Labute approximate surface area is 176 Å². The lowest BCUT2D eigenvalue weighted by Crippen LogP contribution is -2.12. The number of aromatic nitrogens is 5. The minimum Gasteiger partial charge on any atom is -0.363 e. The van der Waals surface area contributed by atoms with E-state index in [1.54, 1.807) is 12.4 Å². The second-order valence-electron chi connectivity index (χ2n) is 7.71. The van der Waals surface area contributed by atoms with Crippen LogP contribution in [-0.4, -0.2) is 24.5 Å². The molecule has 0 fully saturated rings. The van der Waals surface area contributed by atoms with Crippen LogP contribution in [0.3, 0.4) is 0 Å². The summed E-state index contributed by atoms with van der Waals surface area (Å²) in [6, 6.07) is 12.6. The molecule has 1 aliphatic carbocycles. The summed E-state index contributed by atoms with van der Waals surface area (Å²) in [5, 5.41) is 3.65. The van der Waals surface area contributed by atoms with E-state index in [0.717, 1.165) is 53.7 Å². The van der Waals surface area contributed by atoms with Crippen LogP contribution in [-0.2, 0) is 12.8 Å². The van der Waals surface area contributed by atoms with Crippen molar-refractivity contribution >= 4 is 5.82 Å². The van der Waals surface area contributed by atoms with Gasteiger partial charge in [-0.1, -0.05) is 12.1 Å². The standard InChI is InChI=1S/C24H24N6/c1-16(18-6-8-20(9-7-18)30-15-14-26-17(30)2)27-24-21-4-3-5-22(21)28-23(29-24)19-10-12-25-13-11-19/h6-16H,3-5H2,1-2H3,(H,27,28,29). The van der Waals surface area contributed by atoms with Crippen LogP contribution in [0.4, 0.5) is 5.82 Å². The van der Waals surface area contributed by atoms with Crippen LogP contribution >= 0.6 is 0 Å². The quantitative estimate of drug-likeness (QED) is 0.530. The molecule has 6 heteroatoms. The number of nitrogens with zero attached hydrogens (tertiary/aromatic N) is 5. The highest BCUT2D eigenvalue weighted by Gasteiger charge is 2.21. The molecule has 3 heterocycles. The molecule has 1 aromatic carbocycles. The Kier molecular flexibility index (Phi) is 4.75. The van der Waals surface area contributed by atoms with Crippen LogP contribution in [0, 0.1) is 6.92 Å². The Balaban J connectivity index is 1.43. The fourth-order valence-corrected chi connectivity index (χ4v) is 4.04. The van der Waals surface area contributed by atoms with Crippen molar-refractivity contribution in [2.75, 3.05) is 5.32 Å². The van der Waals surface area contributed by atoms with E-state index in [1.165, 1.54) is 11.1 Å². The van der Waals surface area contributed by atoms with Gasteiger partial charge in [-0.3, -0.25) is 4.98 Å². The Hall–Kier alpha value is -3.54. The molecule has 0 bridgehead atoms. The van der Waals surface area contributed by atoms with E-state index in [4.69, 9.17) is 9.97 Å². The van der Waals surface area contributed by atoms with Crippen LogP contribution in [0.2, 0.25) is 0 Å². The first-order valence-corrected chi connectivity index (χ1v) is 10.4. The highest BCUT2D eigenvalue weighted by Crippen LogP contribution is 2.31. The summed E-state index contributed by atoms with van der Waals surface area (Å²) in [6.45, 7) is 4.18. The lowest BCUT2D eigenvalue weighted by molar-refractivity contribution is 0.861. The monoisotopic (exact) mass is 396 g/mol. The van der Waals surface area contributed by atoms with Crippen molar-refractivity contribution in [2.45, 2.75) is 39.2 Å². The predicted octanol–water partition coefficient (Wildman–Crippen LogP) is 4.69. The van der Waals surface area contributed by atoms with Gasteiger partial charge in [-0.05, 0) is 62.9 Å². The van der Waals surface area contributed by atoms with Gasteiger partial charge < -0.3 is 9.88 Å². The van der Waals surface area contributed by atoms with Gasteiger partial charge in [-0.15, -0.1) is 0 Å². The van der Waals surface area contributed by atoms with E-state index >= 15 is 0 Å². The highest BCUT2D eigenvalue weighted by molar-refractivity contribution is 5.60. The molecule has 5 rings (SSSR count). The van der Waals surface area contributed by atoms with E-state index in [0.29, 0.717) is 0 Å². The number of anilines is 1. The molecule has 1 atom stereocenters. The number of pyridine rings is 1. The minimum atomic E-state index is 0.132. The molecular weight excluding hydrogens is 372 g/mol. The van der Waals surface area contributed by atoms with E-state index in [1.807, 2.05) is 31.5 Å². The van der Waals surface area contributed by atoms with E-state index in [9.17, 15) is 0 Å². The zero-order chi connectivity index (χ0) is 20.5. The SMILES string of the molecule is Cc1nccn1-c1ccc(C(C)Nc2nc(-c3ccncc3)nc3c2CCC3)cc1. The first-order chi connectivity index (χ1) is 14.7. The molecule has 0 saturated heterocycles. The van der Waals surface area contributed by atoms with Crippen molar-refractivity contribution in [3.8, 4) is 17.1 Å². The molecule has 0 spiro atoms. The lowest BCUT2D eigenvalue weighted by atomic mass is 10.1. The molecule has 30 heavy (non-hydrogen) atoms. The molecule has 0 radical (unpaired) electrons. The number of hydrogen-bond acceptors (Lipinski definition) is 5. The van der Waals surface area contributed by atoms with Crippen LogP contribution in [0.15, 0.2) is 61.2 Å². The van der Waals surface area contributed by atoms with Gasteiger partial charge >= 0.3 is 0 Å². The first kappa shape index (κ1) is 18.5. The molecule has 150 valence electrons. The average Bonchev–Trinajstić information content (AvgIpc) is 3.43. The normalized spacial score (nSPS) is 13.8. The van der Waals surface area contributed by atoms with Gasteiger partial charge in [-0.2, -0.15) is 0 Å². The van der Waals surface area contributed by atoms with Crippen molar-refractivity contribution < 1.29 is 0 Å². The number of benzene rings is 1. The summed E-state index contributed by atoms with van der Waals surface area (Å²) in [5.41, 5.74) is 5.74. The van der Waals surface area contributed by atoms with Crippen molar-refractivity contribution in [3.05, 3.63) is 83.8 Å². The maximum Gasteiger partial charge on any atom is 0.161 e. The van der Waals surface area contributed by atoms with Gasteiger partial charge in [-0.25, -0.2) is 15.0 Å². The molecule has 0 aliphatic heterocycles. The maximum absolute atomic E-state index is 4.89. The third kappa shape index (κ3) is 3.45. The Morgan fingerprint density at radius 3 is 2.50 bits per heavy atom. The second kappa shape index (κ2) is 7.71. The third-order valence-corrected chi connectivity index (χ3v) is 5.72. The maximum atomic E-state index is 4.89. The Morgan fingerprint density at radius 1 is 0.967 bits per heavy atom. The van der Waals surface area contributed by atoms with Crippen LogP contribution in [0.5, 0.6) is 0 Å². The molecule has 1 unspecified atom stereocenters. The summed E-state index contributed by atoms with van der Waals surface area (Å²) in [7, 11) is 0. The van der Waals surface area contributed by atoms with Gasteiger partial charge in [0.2, 0.25) is 0 Å². The molecule has 0 saturated carbocycles. The highest BCUT2D eigenvalue weighted by atomic mass is 15.1. The number of rotatable bonds is 5. The summed E-state index contributed by atoms with van der Waals surface area (Å²) in [6.07, 6.45) is 10.5. The van der Waals surface area contributed by atoms with Crippen molar-refractivity contribution in [1.82, 2.24) is 24.5 Å². The summed E-state index contributed by atoms with van der Waals surface area (Å²) >= 11 is 0. The summed E-state index contributed by atoms with van der Waals surface area (Å²) in [5.74, 6) is 2.69.